The number of imide groups is 1. The highest BCUT2D eigenvalue weighted by atomic mass is 19.1. The maximum atomic E-state index is 14.5. The molecule has 0 aromatic heterocycles. The van der Waals surface area contributed by atoms with Gasteiger partial charge in [0, 0.05) is 17.8 Å². The summed E-state index contributed by atoms with van der Waals surface area (Å²) in [5.41, 5.74) is 1.56. The smallest absolute Gasteiger partial charge is 0.282 e. The molecule has 1 aliphatic heterocycles. The van der Waals surface area contributed by atoms with E-state index in [0.29, 0.717) is 28.5 Å². The van der Waals surface area contributed by atoms with Crippen molar-refractivity contribution in [3.05, 3.63) is 95.2 Å². The number of carbonyl (C=O) groups excluding carboxylic acids is 2. The minimum absolute atomic E-state index is 0.0313. The van der Waals surface area contributed by atoms with Gasteiger partial charge in [-0.15, -0.1) is 0 Å². The van der Waals surface area contributed by atoms with E-state index in [2.05, 4.69) is 5.32 Å². The number of hydrogen-bond donors (Lipinski definition) is 1. The average Bonchev–Trinajstić information content (AvgIpc) is 3.01. The molecule has 32 heavy (non-hydrogen) atoms. The molecule has 0 spiro atoms. The number of nitrogens with one attached hydrogen (secondary N) is 1. The molecular weight excluding hydrogens is 414 g/mol. The Morgan fingerprint density at radius 2 is 1.69 bits per heavy atom. The van der Waals surface area contributed by atoms with Crippen LogP contribution in [-0.2, 0) is 9.59 Å². The number of benzene rings is 3. The normalized spacial score (nSPS) is 13.7. The summed E-state index contributed by atoms with van der Waals surface area (Å²) in [7, 11) is 0. The summed E-state index contributed by atoms with van der Waals surface area (Å²) in [6.07, 6.45) is 0. The highest BCUT2D eigenvalue weighted by Crippen LogP contribution is 2.35. The standard InChI is InChI=1S/C25H20F2N2O3/c1-3-32-19-6-4-5-18(14-19)28-23-22(16-9-7-15(2)8-10-16)24(30)29(25(23)31)21-13-17(26)11-12-20(21)27/h4-14,28H,3H2,1-2H3. The van der Waals surface area contributed by atoms with Gasteiger partial charge in [0.15, 0.2) is 0 Å². The largest absolute Gasteiger partial charge is 0.494 e. The third-order valence-corrected chi connectivity index (χ3v) is 4.99. The minimum Gasteiger partial charge on any atom is -0.494 e. The molecule has 0 bridgehead atoms. The van der Waals surface area contributed by atoms with Gasteiger partial charge in [0.25, 0.3) is 11.8 Å². The van der Waals surface area contributed by atoms with E-state index in [4.69, 9.17) is 4.74 Å². The van der Waals surface area contributed by atoms with Gasteiger partial charge in [0.1, 0.15) is 23.1 Å². The molecule has 1 aliphatic rings. The zero-order chi connectivity index (χ0) is 22.8. The van der Waals surface area contributed by atoms with Gasteiger partial charge in [-0.3, -0.25) is 9.59 Å². The topological polar surface area (TPSA) is 58.6 Å². The van der Waals surface area contributed by atoms with Gasteiger partial charge in [-0.2, -0.15) is 0 Å². The molecule has 4 rings (SSSR count). The first-order valence-corrected chi connectivity index (χ1v) is 10.0. The molecule has 0 saturated heterocycles. The third kappa shape index (κ3) is 3.97. The first kappa shape index (κ1) is 21.2. The summed E-state index contributed by atoms with van der Waals surface area (Å²) in [5, 5.41) is 2.99. The Kier molecular flexibility index (Phi) is 5.73. The Morgan fingerprint density at radius 3 is 2.41 bits per heavy atom. The number of hydrogen-bond acceptors (Lipinski definition) is 4. The molecule has 3 aromatic carbocycles. The number of nitrogens with zero attached hydrogens (tertiary/aromatic N) is 1. The van der Waals surface area contributed by atoms with Gasteiger partial charge in [-0.05, 0) is 43.7 Å². The van der Waals surface area contributed by atoms with Gasteiger partial charge in [0.05, 0.1) is 17.9 Å². The molecule has 0 radical (unpaired) electrons. The second-order valence-corrected chi connectivity index (χ2v) is 7.24. The SMILES string of the molecule is CCOc1cccc(NC2=C(c3ccc(C)cc3)C(=O)N(c3cc(F)ccc3F)C2=O)c1. The van der Waals surface area contributed by atoms with Crippen molar-refractivity contribution in [3.8, 4) is 5.75 Å². The van der Waals surface area contributed by atoms with Crippen molar-refractivity contribution in [2.24, 2.45) is 0 Å². The predicted octanol–water partition coefficient (Wildman–Crippen LogP) is 5.07. The van der Waals surface area contributed by atoms with Crippen molar-refractivity contribution in [2.45, 2.75) is 13.8 Å². The summed E-state index contributed by atoms with van der Waals surface area (Å²) in [6.45, 7) is 4.21. The molecule has 1 heterocycles. The Morgan fingerprint density at radius 1 is 0.938 bits per heavy atom. The zero-order valence-corrected chi connectivity index (χ0v) is 17.5. The van der Waals surface area contributed by atoms with Crippen LogP contribution in [0.5, 0.6) is 5.75 Å². The van der Waals surface area contributed by atoms with Crippen LogP contribution in [0.25, 0.3) is 5.57 Å². The molecule has 0 saturated carbocycles. The summed E-state index contributed by atoms with van der Waals surface area (Å²) < 4.78 is 33.8. The van der Waals surface area contributed by atoms with Crippen LogP contribution >= 0.6 is 0 Å². The van der Waals surface area contributed by atoms with Crippen LogP contribution in [0.4, 0.5) is 20.2 Å². The van der Waals surface area contributed by atoms with Crippen molar-refractivity contribution < 1.29 is 23.1 Å². The van der Waals surface area contributed by atoms with Crippen molar-refractivity contribution in [1.29, 1.82) is 0 Å². The van der Waals surface area contributed by atoms with Crippen LogP contribution < -0.4 is 15.0 Å². The van der Waals surface area contributed by atoms with Crippen molar-refractivity contribution in [2.75, 3.05) is 16.8 Å². The number of rotatable bonds is 6. The van der Waals surface area contributed by atoms with Gasteiger partial charge in [-0.1, -0.05) is 35.9 Å². The monoisotopic (exact) mass is 434 g/mol. The third-order valence-electron chi connectivity index (χ3n) is 4.99. The van der Waals surface area contributed by atoms with E-state index >= 15 is 0 Å². The lowest BCUT2D eigenvalue weighted by molar-refractivity contribution is -0.120. The lowest BCUT2D eigenvalue weighted by Gasteiger charge is -2.16. The van der Waals surface area contributed by atoms with Crippen LogP contribution in [0.15, 0.2) is 72.4 Å². The zero-order valence-electron chi connectivity index (χ0n) is 17.5. The van der Waals surface area contributed by atoms with Crippen molar-refractivity contribution in [3.63, 3.8) is 0 Å². The minimum atomic E-state index is -0.879. The van der Waals surface area contributed by atoms with Gasteiger partial charge >= 0.3 is 0 Å². The average molecular weight is 434 g/mol. The van der Waals surface area contributed by atoms with Crippen molar-refractivity contribution in [1.82, 2.24) is 0 Å². The second kappa shape index (κ2) is 8.63. The Hall–Kier alpha value is -4.00. The number of anilines is 2. The summed E-state index contributed by atoms with van der Waals surface area (Å²) >= 11 is 0. The molecule has 7 heteroatoms. The molecule has 0 aliphatic carbocycles. The van der Waals surface area contributed by atoms with E-state index in [9.17, 15) is 18.4 Å². The summed E-state index contributed by atoms with van der Waals surface area (Å²) in [6, 6.07) is 16.6. The van der Waals surface area contributed by atoms with E-state index in [1.54, 1.807) is 48.5 Å². The molecule has 162 valence electrons. The fourth-order valence-corrected chi connectivity index (χ4v) is 3.48. The molecule has 0 atom stereocenters. The van der Waals surface area contributed by atoms with E-state index < -0.39 is 29.1 Å². The van der Waals surface area contributed by atoms with E-state index in [1.165, 1.54) is 0 Å². The number of amides is 2. The van der Waals surface area contributed by atoms with Crippen molar-refractivity contribution >= 4 is 28.8 Å². The van der Waals surface area contributed by atoms with Crippen LogP contribution in [0, 0.1) is 18.6 Å². The molecular formula is C25H20F2N2O3. The maximum Gasteiger partial charge on any atom is 0.282 e. The van der Waals surface area contributed by atoms with Crippen LogP contribution in [0.2, 0.25) is 0 Å². The summed E-state index contributed by atoms with van der Waals surface area (Å²) in [5.74, 6) is -2.58. The second-order valence-electron chi connectivity index (χ2n) is 7.24. The Balaban J connectivity index is 1.82. The lowest BCUT2D eigenvalue weighted by atomic mass is 10.0. The van der Waals surface area contributed by atoms with Gasteiger partial charge in [-0.25, -0.2) is 13.7 Å². The predicted molar refractivity (Wildman–Crippen MR) is 118 cm³/mol. The summed E-state index contributed by atoms with van der Waals surface area (Å²) in [4.78, 5) is 27.3. The number of ether oxygens (including phenoxy) is 1. The molecule has 3 aromatic rings. The lowest BCUT2D eigenvalue weighted by Crippen LogP contribution is -2.33. The molecule has 0 unspecified atom stereocenters. The number of carbonyl (C=O) groups is 2. The first-order valence-electron chi connectivity index (χ1n) is 10.0. The number of halogens is 2. The molecule has 1 N–H and O–H groups in total. The van der Waals surface area contributed by atoms with Gasteiger partial charge in [0.2, 0.25) is 0 Å². The van der Waals surface area contributed by atoms with Gasteiger partial charge < -0.3 is 10.1 Å². The quantitative estimate of drug-likeness (QED) is 0.551. The molecule has 2 amide bonds. The fraction of sp³-hybridized carbons (Fsp3) is 0.120. The molecule has 5 nitrogen and oxygen atoms in total. The molecule has 0 fully saturated rings. The van der Waals surface area contributed by atoms with E-state index in [-0.39, 0.29) is 11.3 Å². The Labute approximate surface area is 183 Å². The van der Waals surface area contributed by atoms with E-state index in [1.807, 2.05) is 13.8 Å². The van der Waals surface area contributed by atoms with Crippen LogP contribution in [0.3, 0.4) is 0 Å². The van der Waals surface area contributed by atoms with Crippen LogP contribution in [0.1, 0.15) is 18.1 Å². The highest BCUT2D eigenvalue weighted by Gasteiger charge is 2.41. The number of aryl methyl sites for hydroxylation is 1. The fourth-order valence-electron chi connectivity index (χ4n) is 3.48. The van der Waals surface area contributed by atoms with Crippen LogP contribution in [-0.4, -0.2) is 18.4 Å². The Bertz CT molecular complexity index is 1240. The maximum absolute atomic E-state index is 14.5. The first-order chi connectivity index (χ1) is 15.4. The highest BCUT2D eigenvalue weighted by molar-refractivity contribution is 6.46. The van der Waals surface area contributed by atoms with E-state index in [0.717, 1.165) is 23.8 Å².